The third-order valence-corrected chi connectivity index (χ3v) is 5.41. The number of benzene rings is 3. The van der Waals surface area contributed by atoms with Gasteiger partial charge in [0.05, 0.1) is 37.7 Å². The van der Waals surface area contributed by atoms with Gasteiger partial charge in [-0.3, -0.25) is 14.9 Å². The Hall–Kier alpha value is -4.26. The van der Waals surface area contributed by atoms with E-state index in [1.165, 1.54) is 4.68 Å². The molecule has 34 heavy (non-hydrogen) atoms. The number of rotatable bonds is 9. The fraction of sp³-hybridized carbons (Fsp3) is 0.185. The van der Waals surface area contributed by atoms with Gasteiger partial charge in [-0.1, -0.05) is 42.5 Å². The maximum Gasteiger partial charge on any atom is 0.280 e. The number of aromatic nitrogens is 2. The lowest BCUT2D eigenvalue weighted by molar-refractivity contribution is 0.303. The van der Waals surface area contributed by atoms with E-state index in [1.807, 2.05) is 85.8 Å². The van der Waals surface area contributed by atoms with Gasteiger partial charge in [-0.05, 0) is 43.3 Å². The zero-order valence-electron chi connectivity index (χ0n) is 19.4. The van der Waals surface area contributed by atoms with Crippen molar-refractivity contribution >= 4 is 5.71 Å². The van der Waals surface area contributed by atoms with Gasteiger partial charge in [-0.25, -0.2) is 4.68 Å². The van der Waals surface area contributed by atoms with Crippen LogP contribution < -0.4 is 19.8 Å². The molecule has 0 bridgehead atoms. The van der Waals surface area contributed by atoms with Crippen molar-refractivity contribution in [2.45, 2.75) is 6.92 Å². The molecule has 0 saturated heterocycles. The predicted octanol–water partition coefficient (Wildman–Crippen LogP) is 4.74. The van der Waals surface area contributed by atoms with Gasteiger partial charge in [0, 0.05) is 11.3 Å². The Labute approximate surface area is 198 Å². The van der Waals surface area contributed by atoms with Gasteiger partial charge >= 0.3 is 0 Å². The smallest absolute Gasteiger partial charge is 0.280 e. The summed E-state index contributed by atoms with van der Waals surface area (Å²) in [5, 5.41) is 3.27. The lowest BCUT2D eigenvalue weighted by Crippen LogP contribution is -2.20. The molecule has 0 unspecified atom stereocenters. The highest BCUT2D eigenvalue weighted by atomic mass is 16.5. The SMILES string of the molecule is COc1ccc(-n2[nH]c(-c3ccccc3)c(C(C)=NCCOc3ccccc3OC)c2=O)cc1. The molecule has 1 aromatic heterocycles. The Bertz CT molecular complexity index is 1320. The number of methoxy groups -OCH3 is 2. The zero-order chi connectivity index (χ0) is 23.9. The van der Waals surface area contributed by atoms with E-state index in [4.69, 9.17) is 14.2 Å². The first-order valence-corrected chi connectivity index (χ1v) is 10.9. The minimum absolute atomic E-state index is 0.170. The van der Waals surface area contributed by atoms with E-state index >= 15 is 0 Å². The lowest BCUT2D eigenvalue weighted by atomic mass is 10.1. The number of para-hydroxylation sites is 2. The van der Waals surface area contributed by atoms with Crippen LogP contribution in [0.15, 0.2) is 88.6 Å². The van der Waals surface area contributed by atoms with Crippen molar-refractivity contribution in [1.82, 2.24) is 9.78 Å². The second-order valence-electron chi connectivity index (χ2n) is 7.53. The van der Waals surface area contributed by atoms with Gasteiger partial charge in [0.2, 0.25) is 0 Å². The van der Waals surface area contributed by atoms with Crippen LogP contribution in [-0.4, -0.2) is 42.9 Å². The molecule has 0 spiro atoms. The van der Waals surface area contributed by atoms with Gasteiger partial charge in [-0.2, -0.15) is 0 Å². The average molecular weight is 458 g/mol. The van der Waals surface area contributed by atoms with Crippen LogP contribution in [0.25, 0.3) is 16.9 Å². The summed E-state index contributed by atoms with van der Waals surface area (Å²) < 4.78 is 17.9. The first-order chi connectivity index (χ1) is 16.6. The summed E-state index contributed by atoms with van der Waals surface area (Å²) in [7, 11) is 3.22. The molecular formula is C27H27N3O4. The summed E-state index contributed by atoms with van der Waals surface area (Å²) in [5.41, 5.74) is 3.32. The summed E-state index contributed by atoms with van der Waals surface area (Å²) in [5.74, 6) is 2.05. The van der Waals surface area contributed by atoms with Crippen molar-refractivity contribution in [3.8, 4) is 34.2 Å². The fourth-order valence-corrected chi connectivity index (χ4v) is 3.69. The Morgan fingerprint density at radius 3 is 2.24 bits per heavy atom. The van der Waals surface area contributed by atoms with E-state index in [0.717, 1.165) is 11.3 Å². The molecule has 0 aliphatic rings. The maximum atomic E-state index is 13.5. The highest BCUT2D eigenvalue weighted by Crippen LogP contribution is 2.26. The Morgan fingerprint density at radius 2 is 1.56 bits per heavy atom. The minimum atomic E-state index is -0.170. The van der Waals surface area contributed by atoms with Crippen LogP contribution in [0.1, 0.15) is 12.5 Å². The summed E-state index contributed by atoms with van der Waals surface area (Å²) >= 11 is 0. The average Bonchev–Trinajstić information content (AvgIpc) is 3.24. The molecule has 0 fully saturated rings. The maximum absolute atomic E-state index is 13.5. The number of nitrogens with zero attached hydrogens (tertiary/aromatic N) is 2. The summed E-state index contributed by atoms with van der Waals surface area (Å²) in [6.07, 6.45) is 0. The molecule has 0 radical (unpaired) electrons. The topological polar surface area (TPSA) is 77.8 Å². The van der Waals surface area contributed by atoms with Crippen LogP contribution in [0.5, 0.6) is 17.2 Å². The quantitative estimate of drug-likeness (QED) is 0.291. The van der Waals surface area contributed by atoms with Gasteiger partial charge in [0.15, 0.2) is 11.5 Å². The number of aliphatic imine (C=N–C) groups is 1. The second kappa shape index (κ2) is 10.6. The largest absolute Gasteiger partial charge is 0.497 e. The zero-order valence-corrected chi connectivity index (χ0v) is 19.4. The molecule has 0 amide bonds. The number of nitrogens with one attached hydrogen (secondary N) is 1. The molecule has 4 rings (SSSR count). The van der Waals surface area contributed by atoms with E-state index in [-0.39, 0.29) is 5.56 Å². The van der Waals surface area contributed by atoms with E-state index in [0.29, 0.717) is 47.3 Å². The number of ether oxygens (including phenoxy) is 3. The number of hydrogen-bond acceptors (Lipinski definition) is 5. The van der Waals surface area contributed by atoms with Crippen molar-refractivity contribution in [2.24, 2.45) is 4.99 Å². The molecule has 0 atom stereocenters. The highest BCUT2D eigenvalue weighted by Gasteiger charge is 2.19. The van der Waals surface area contributed by atoms with Gasteiger partial charge in [0.25, 0.3) is 5.56 Å². The lowest BCUT2D eigenvalue weighted by Gasteiger charge is -2.09. The van der Waals surface area contributed by atoms with E-state index in [9.17, 15) is 4.79 Å². The standard InChI is InChI=1S/C27H27N3O4/c1-19(28-17-18-34-24-12-8-7-11-23(24)33-3)25-26(20-9-5-4-6-10-20)29-30(27(25)31)21-13-15-22(32-2)16-14-21/h4-16,29H,17-18H2,1-3H3. The first-order valence-electron chi connectivity index (χ1n) is 10.9. The van der Waals surface area contributed by atoms with Crippen LogP contribution in [0.2, 0.25) is 0 Å². The molecule has 0 aliphatic heterocycles. The van der Waals surface area contributed by atoms with Crippen molar-refractivity contribution in [2.75, 3.05) is 27.4 Å². The van der Waals surface area contributed by atoms with E-state index < -0.39 is 0 Å². The van der Waals surface area contributed by atoms with Crippen LogP contribution in [-0.2, 0) is 0 Å². The van der Waals surface area contributed by atoms with E-state index in [1.54, 1.807) is 14.2 Å². The third kappa shape index (κ3) is 4.88. The minimum Gasteiger partial charge on any atom is -0.497 e. The molecule has 1 heterocycles. The molecule has 7 heteroatoms. The molecule has 4 aromatic rings. The Balaban J connectivity index is 1.63. The van der Waals surface area contributed by atoms with Crippen LogP contribution in [0.4, 0.5) is 0 Å². The number of aromatic amines is 1. The van der Waals surface area contributed by atoms with Crippen molar-refractivity contribution in [1.29, 1.82) is 0 Å². The molecule has 0 aliphatic carbocycles. The summed E-state index contributed by atoms with van der Waals surface area (Å²) in [6, 6.07) is 24.5. The predicted molar refractivity (Wildman–Crippen MR) is 134 cm³/mol. The van der Waals surface area contributed by atoms with Gasteiger partial charge in [-0.15, -0.1) is 0 Å². The Morgan fingerprint density at radius 1 is 0.882 bits per heavy atom. The van der Waals surface area contributed by atoms with Gasteiger partial charge in [0.1, 0.15) is 12.4 Å². The normalized spacial score (nSPS) is 11.3. The number of hydrogen-bond donors (Lipinski definition) is 1. The van der Waals surface area contributed by atoms with E-state index in [2.05, 4.69) is 10.1 Å². The molecular weight excluding hydrogens is 430 g/mol. The molecule has 174 valence electrons. The third-order valence-electron chi connectivity index (χ3n) is 5.41. The molecule has 0 saturated carbocycles. The molecule has 1 N–H and O–H groups in total. The van der Waals surface area contributed by atoms with Crippen LogP contribution in [0.3, 0.4) is 0 Å². The fourth-order valence-electron chi connectivity index (χ4n) is 3.69. The first kappa shape index (κ1) is 22.9. The Kier molecular flexibility index (Phi) is 7.13. The highest BCUT2D eigenvalue weighted by molar-refractivity contribution is 6.03. The van der Waals surface area contributed by atoms with Crippen molar-refractivity contribution in [3.63, 3.8) is 0 Å². The van der Waals surface area contributed by atoms with Crippen molar-refractivity contribution in [3.05, 3.63) is 94.8 Å². The molecule has 3 aromatic carbocycles. The van der Waals surface area contributed by atoms with Gasteiger partial charge < -0.3 is 14.2 Å². The monoisotopic (exact) mass is 457 g/mol. The van der Waals surface area contributed by atoms with Crippen LogP contribution in [0, 0.1) is 0 Å². The summed E-state index contributed by atoms with van der Waals surface area (Å²) in [6.45, 7) is 2.60. The van der Waals surface area contributed by atoms with Crippen molar-refractivity contribution < 1.29 is 14.2 Å². The second-order valence-corrected chi connectivity index (χ2v) is 7.53. The molecule has 7 nitrogen and oxygen atoms in total. The summed E-state index contributed by atoms with van der Waals surface area (Å²) in [4.78, 5) is 18.1. The number of H-pyrrole nitrogens is 1. The van der Waals surface area contributed by atoms with Crippen LogP contribution >= 0.6 is 0 Å².